The molecule has 0 aliphatic heterocycles. The van der Waals surface area contributed by atoms with Crippen molar-refractivity contribution in [3.8, 4) is 0 Å². The molecule has 1 heterocycles. The van der Waals surface area contributed by atoms with E-state index in [1.165, 1.54) is 7.05 Å². The molecular weight excluding hydrogens is 222 g/mol. The zero-order valence-electron chi connectivity index (χ0n) is 8.26. The molecule has 0 fully saturated rings. The molecule has 0 saturated carbocycles. The second kappa shape index (κ2) is 3.99. The lowest BCUT2D eigenvalue weighted by Gasteiger charge is -2.13. The molecule has 0 radical (unpaired) electrons. The standard InChI is InChI=1S/C7H11N3O4S/c1-3-10(2)15(13,14)6-5(7(11)12)4-8-9-6/h4H,3H2,1-2H3,(H,8,9)(H,11,12). The molecule has 0 spiro atoms. The molecule has 0 amide bonds. The van der Waals surface area contributed by atoms with Crippen LogP contribution in [0.2, 0.25) is 0 Å². The van der Waals surface area contributed by atoms with E-state index in [4.69, 9.17) is 5.11 Å². The summed E-state index contributed by atoms with van der Waals surface area (Å²) in [4.78, 5) is 10.7. The summed E-state index contributed by atoms with van der Waals surface area (Å²) >= 11 is 0. The van der Waals surface area contributed by atoms with Gasteiger partial charge in [0.2, 0.25) is 0 Å². The number of H-pyrrole nitrogens is 1. The highest BCUT2D eigenvalue weighted by atomic mass is 32.2. The maximum Gasteiger partial charge on any atom is 0.340 e. The van der Waals surface area contributed by atoms with Crippen molar-refractivity contribution in [3.05, 3.63) is 11.8 Å². The molecule has 1 rings (SSSR count). The monoisotopic (exact) mass is 233 g/mol. The number of hydrogen-bond donors (Lipinski definition) is 2. The number of aromatic nitrogens is 2. The van der Waals surface area contributed by atoms with E-state index in [9.17, 15) is 13.2 Å². The van der Waals surface area contributed by atoms with Gasteiger partial charge in [-0.2, -0.15) is 9.40 Å². The maximum absolute atomic E-state index is 11.7. The summed E-state index contributed by atoms with van der Waals surface area (Å²) in [6, 6.07) is 0. The van der Waals surface area contributed by atoms with Gasteiger partial charge in [0.05, 0.1) is 6.20 Å². The van der Waals surface area contributed by atoms with Gasteiger partial charge in [0.1, 0.15) is 5.56 Å². The summed E-state index contributed by atoms with van der Waals surface area (Å²) in [6.45, 7) is 1.90. The van der Waals surface area contributed by atoms with Crippen LogP contribution < -0.4 is 0 Å². The Bertz CT molecular complexity index is 464. The number of aromatic carboxylic acids is 1. The molecule has 7 nitrogen and oxygen atoms in total. The SMILES string of the molecule is CCN(C)S(=O)(=O)c1[nH]ncc1C(=O)O. The molecule has 8 heteroatoms. The van der Waals surface area contributed by atoms with Crippen LogP contribution in [0, 0.1) is 0 Å². The second-order valence-corrected chi connectivity index (χ2v) is 4.82. The summed E-state index contributed by atoms with van der Waals surface area (Å²) < 4.78 is 24.5. The average molecular weight is 233 g/mol. The van der Waals surface area contributed by atoms with Gasteiger partial charge in [-0.25, -0.2) is 13.2 Å². The highest BCUT2D eigenvalue weighted by Gasteiger charge is 2.27. The Morgan fingerprint density at radius 2 is 2.27 bits per heavy atom. The molecule has 0 aliphatic rings. The minimum atomic E-state index is -3.79. The van der Waals surface area contributed by atoms with Crippen molar-refractivity contribution in [1.29, 1.82) is 0 Å². The summed E-state index contributed by atoms with van der Waals surface area (Å²) in [5.41, 5.74) is -0.352. The lowest BCUT2D eigenvalue weighted by atomic mass is 10.4. The molecule has 1 aromatic rings. The van der Waals surface area contributed by atoms with Gasteiger partial charge in [-0.1, -0.05) is 6.92 Å². The van der Waals surface area contributed by atoms with Crippen molar-refractivity contribution in [2.45, 2.75) is 11.9 Å². The summed E-state index contributed by atoms with van der Waals surface area (Å²) in [5, 5.41) is 13.9. The first-order valence-corrected chi connectivity index (χ1v) is 5.58. The molecular formula is C7H11N3O4S. The van der Waals surface area contributed by atoms with Crippen LogP contribution in [0.25, 0.3) is 0 Å². The molecule has 0 saturated heterocycles. The quantitative estimate of drug-likeness (QED) is 0.746. The number of carboxylic acid groups (broad SMARTS) is 1. The topological polar surface area (TPSA) is 103 Å². The van der Waals surface area contributed by atoms with Crippen LogP contribution in [0.15, 0.2) is 11.2 Å². The zero-order chi connectivity index (χ0) is 11.6. The fraction of sp³-hybridized carbons (Fsp3) is 0.429. The number of nitrogens with zero attached hydrogens (tertiary/aromatic N) is 2. The molecule has 15 heavy (non-hydrogen) atoms. The zero-order valence-corrected chi connectivity index (χ0v) is 9.08. The number of aromatic amines is 1. The van der Waals surface area contributed by atoms with Crippen LogP contribution in [-0.4, -0.2) is 47.6 Å². The minimum absolute atomic E-state index is 0.250. The van der Waals surface area contributed by atoms with E-state index in [1.54, 1.807) is 6.92 Å². The first-order valence-electron chi connectivity index (χ1n) is 4.14. The summed E-state index contributed by atoms with van der Waals surface area (Å²) in [5.74, 6) is -1.33. The second-order valence-electron chi connectivity index (χ2n) is 2.84. The maximum atomic E-state index is 11.7. The van der Waals surface area contributed by atoms with E-state index < -0.39 is 16.0 Å². The van der Waals surface area contributed by atoms with Crippen molar-refractivity contribution in [1.82, 2.24) is 14.5 Å². The van der Waals surface area contributed by atoms with Crippen molar-refractivity contribution >= 4 is 16.0 Å². The van der Waals surface area contributed by atoms with E-state index in [0.29, 0.717) is 0 Å². The fourth-order valence-corrected chi connectivity index (χ4v) is 2.19. The van der Waals surface area contributed by atoms with E-state index in [2.05, 4.69) is 10.2 Å². The Labute approximate surface area is 86.8 Å². The van der Waals surface area contributed by atoms with Gasteiger partial charge in [-0.15, -0.1) is 0 Å². The Balaban J connectivity index is 3.28. The van der Waals surface area contributed by atoms with Crippen LogP contribution in [0.1, 0.15) is 17.3 Å². The molecule has 0 aliphatic carbocycles. The van der Waals surface area contributed by atoms with Gasteiger partial charge < -0.3 is 5.11 Å². The van der Waals surface area contributed by atoms with Crippen LogP contribution in [0.3, 0.4) is 0 Å². The Morgan fingerprint density at radius 1 is 1.67 bits per heavy atom. The average Bonchev–Trinajstić information content (AvgIpc) is 2.65. The number of carbonyl (C=O) groups is 1. The molecule has 0 aromatic carbocycles. The van der Waals surface area contributed by atoms with E-state index in [0.717, 1.165) is 10.5 Å². The van der Waals surface area contributed by atoms with Gasteiger partial charge in [-0.3, -0.25) is 5.10 Å². The van der Waals surface area contributed by atoms with Crippen molar-refractivity contribution in [2.24, 2.45) is 0 Å². The van der Waals surface area contributed by atoms with Crippen LogP contribution in [-0.2, 0) is 10.0 Å². The normalized spacial score (nSPS) is 11.9. The Hall–Kier alpha value is -1.41. The van der Waals surface area contributed by atoms with Crippen LogP contribution in [0.5, 0.6) is 0 Å². The fourth-order valence-electron chi connectivity index (χ4n) is 0.949. The van der Waals surface area contributed by atoms with Gasteiger partial charge in [0.25, 0.3) is 10.0 Å². The Morgan fingerprint density at radius 3 is 2.73 bits per heavy atom. The van der Waals surface area contributed by atoms with E-state index >= 15 is 0 Å². The number of rotatable bonds is 4. The number of carboxylic acids is 1. The van der Waals surface area contributed by atoms with Gasteiger partial charge in [0.15, 0.2) is 5.03 Å². The van der Waals surface area contributed by atoms with Crippen molar-refractivity contribution in [2.75, 3.05) is 13.6 Å². The third-order valence-electron chi connectivity index (χ3n) is 1.95. The lowest BCUT2D eigenvalue weighted by Crippen LogP contribution is -2.28. The predicted molar refractivity (Wildman–Crippen MR) is 51.0 cm³/mol. The molecule has 0 unspecified atom stereocenters. The highest BCUT2D eigenvalue weighted by molar-refractivity contribution is 7.89. The van der Waals surface area contributed by atoms with Crippen LogP contribution in [0.4, 0.5) is 0 Å². The van der Waals surface area contributed by atoms with Crippen molar-refractivity contribution < 1.29 is 18.3 Å². The molecule has 1 aromatic heterocycles. The summed E-state index contributed by atoms with van der Waals surface area (Å²) in [6.07, 6.45) is 0.971. The predicted octanol–water partition coefficient (Wildman–Crippen LogP) is -0.252. The first kappa shape index (κ1) is 11.7. The molecule has 2 N–H and O–H groups in total. The minimum Gasteiger partial charge on any atom is -0.478 e. The smallest absolute Gasteiger partial charge is 0.340 e. The summed E-state index contributed by atoms with van der Waals surface area (Å²) in [7, 11) is -2.42. The molecule has 0 bridgehead atoms. The third kappa shape index (κ3) is 2.00. The highest BCUT2D eigenvalue weighted by Crippen LogP contribution is 2.15. The third-order valence-corrected chi connectivity index (χ3v) is 3.85. The Kier molecular flexibility index (Phi) is 3.10. The number of nitrogens with one attached hydrogen (secondary N) is 1. The van der Waals surface area contributed by atoms with Crippen LogP contribution >= 0.6 is 0 Å². The van der Waals surface area contributed by atoms with Gasteiger partial charge in [0, 0.05) is 13.6 Å². The van der Waals surface area contributed by atoms with Gasteiger partial charge in [-0.05, 0) is 0 Å². The van der Waals surface area contributed by atoms with Crippen molar-refractivity contribution in [3.63, 3.8) is 0 Å². The van der Waals surface area contributed by atoms with E-state index in [1.807, 2.05) is 0 Å². The van der Waals surface area contributed by atoms with Gasteiger partial charge >= 0.3 is 5.97 Å². The largest absolute Gasteiger partial charge is 0.478 e. The number of sulfonamides is 1. The number of hydrogen-bond acceptors (Lipinski definition) is 4. The van der Waals surface area contributed by atoms with E-state index in [-0.39, 0.29) is 17.1 Å². The first-order chi connectivity index (χ1) is 6.91. The molecule has 0 atom stereocenters. The molecule has 84 valence electrons. The lowest BCUT2D eigenvalue weighted by molar-refractivity contribution is 0.0692.